The van der Waals surface area contributed by atoms with Crippen LogP contribution in [0.4, 0.5) is 5.69 Å². The van der Waals surface area contributed by atoms with Crippen molar-refractivity contribution < 1.29 is 0 Å². The fourth-order valence-corrected chi connectivity index (χ4v) is 2.98. The van der Waals surface area contributed by atoms with Crippen molar-refractivity contribution in [2.45, 2.75) is 38.6 Å². The number of hydrogen-bond acceptors (Lipinski definition) is 2. The van der Waals surface area contributed by atoms with Crippen molar-refractivity contribution in [3.8, 4) is 0 Å². The first-order chi connectivity index (χ1) is 9.97. The second kappa shape index (κ2) is 7.23. The summed E-state index contributed by atoms with van der Waals surface area (Å²) >= 11 is 5.55. The topological polar surface area (TPSA) is 18.5 Å². The van der Waals surface area contributed by atoms with Gasteiger partial charge in [-0.05, 0) is 68.8 Å². The van der Waals surface area contributed by atoms with E-state index in [0.29, 0.717) is 12.0 Å². The highest BCUT2D eigenvalue weighted by Gasteiger charge is 2.22. The third-order valence-corrected chi connectivity index (χ3v) is 4.77. The highest BCUT2D eigenvalue weighted by Crippen LogP contribution is 2.19. The van der Waals surface area contributed by atoms with Crippen LogP contribution in [0.15, 0.2) is 24.3 Å². The minimum Gasteiger partial charge on any atom is -0.349 e. The molecule has 0 atom stereocenters. The van der Waals surface area contributed by atoms with E-state index < -0.39 is 0 Å². The van der Waals surface area contributed by atoms with E-state index >= 15 is 0 Å². The van der Waals surface area contributed by atoms with Crippen molar-refractivity contribution in [3.05, 3.63) is 29.8 Å². The van der Waals surface area contributed by atoms with Gasteiger partial charge in [-0.2, -0.15) is 0 Å². The second-order valence-electron chi connectivity index (χ2n) is 6.35. The zero-order valence-corrected chi connectivity index (χ0v) is 14.4. The van der Waals surface area contributed by atoms with E-state index in [0.717, 1.165) is 23.9 Å². The number of likely N-dealkylation sites (tertiary alicyclic amines) is 1. The van der Waals surface area contributed by atoms with Crippen LogP contribution in [0.3, 0.4) is 0 Å². The van der Waals surface area contributed by atoms with Crippen LogP contribution >= 0.6 is 12.2 Å². The molecule has 1 saturated heterocycles. The smallest absolute Gasteiger partial charge is 0.173 e. The lowest BCUT2D eigenvalue weighted by Crippen LogP contribution is -2.45. The van der Waals surface area contributed by atoms with Gasteiger partial charge in [-0.3, -0.25) is 0 Å². The first-order valence-electron chi connectivity index (χ1n) is 7.79. The van der Waals surface area contributed by atoms with E-state index in [1.165, 1.54) is 18.4 Å². The van der Waals surface area contributed by atoms with Crippen LogP contribution in [0, 0.1) is 0 Å². The van der Waals surface area contributed by atoms with Crippen molar-refractivity contribution in [3.63, 3.8) is 0 Å². The fraction of sp³-hybridized carbons (Fsp3) is 0.588. The molecule has 0 unspecified atom stereocenters. The third-order valence-electron chi connectivity index (χ3n) is 4.38. The van der Waals surface area contributed by atoms with Gasteiger partial charge in [0.25, 0.3) is 0 Å². The van der Waals surface area contributed by atoms with E-state index in [9.17, 15) is 0 Å². The summed E-state index contributed by atoms with van der Waals surface area (Å²) in [5.74, 6) is 0.563. The highest BCUT2D eigenvalue weighted by atomic mass is 32.1. The van der Waals surface area contributed by atoms with E-state index in [1.54, 1.807) is 0 Å². The summed E-state index contributed by atoms with van der Waals surface area (Å²) in [6.45, 7) is 6.73. The quantitative estimate of drug-likeness (QED) is 0.861. The van der Waals surface area contributed by atoms with Gasteiger partial charge >= 0.3 is 0 Å². The molecular weight excluding hydrogens is 278 g/mol. The summed E-state index contributed by atoms with van der Waals surface area (Å²) < 4.78 is 0. The summed E-state index contributed by atoms with van der Waals surface area (Å²) in [6, 6.07) is 9.13. The molecule has 0 saturated carbocycles. The van der Waals surface area contributed by atoms with Crippen LogP contribution in [0.25, 0.3) is 0 Å². The molecule has 0 aliphatic carbocycles. The Morgan fingerprint density at radius 2 is 1.81 bits per heavy atom. The first kappa shape index (κ1) is 16.2. The van der Waals surface area contributed by atoms with Crippen molar-refractivity contribution >= 4 is 23.0 Å². The maximum Gasteiger partial charge on any atom is 0.173 e. The predicted molar refractivity (Wildman–Crippen MR) is 95.0 cm³/mol. The van der Waals surface area contributed by atoms with Gasteiger partial charge in [-0.15, -0.1) is 0 Å². The first-order valence-corrected chi connectivity index (χ1v) is 8.20. The van der Waals surface area contributed by atoms with E-state index in [2.05, 4.69) is 67.3 Å². The summed E-state index contributed by atoms with van der Waals surface area (Å²) in [5.41, 5.74) is 2.43. The minimum atomic E-state index is 0.552. The van der Waals surface area contributed by atoms with Gasteiger partial charge in [0.2, 0.25) is 0 Å². The molecule has 0 spiro atoms. The van der Waals surface area contributed by atoms with Gasteiger partial charge in [0.05, 0.1) is 0 Å². The molecule has 0 bridgehead atoms. The van der Waals surface area contributed by atoms with Crippen LogP contribution in [0.1, 0.15) is 38.2 Å². The van der Waals surface area contributed by atoms with Gasteiger partial charge in [0.1, 0.15) is 0 Å². The molecule has 2 rings (SSSR count). The van der Waals surface area contributed by atoms with Crippen LogP contribution < -0.4 is 5.32 Å². The highest BCUT2D eigenvalue weighted by molar-refractivity contribution is 7.80. The summed E-state index contributed by atoms with van der Waals surface area (Å²) in [6.07, 6.45) is 2.36. The second-order valence-corrected chi connectivity index (χ2v) is 6.74. The average molecular weight is 305 g/mol. The maximum absolute atomic E-state index is 5.55. The standard InChI is InChI=1S/C17H27N3S/c1-13(2)14-5-7-15(8-6-14)18-17(21)20(4)16-9-11-19(3)12-10-16/h5-8,13,16H,9-12H2,1-4H3,(H,18,21). The van der Waals surface area contributed by atoms with Gasteiger partial charge in [-0.25, -0.2) is 0 Å². The molecule has 3 nitrogen and oxygen atoms in total. The van der Waals surface area contributed by atoms with Crippen LogP contribution in [-0.4, -0.2) is 48.1 Å². The lowest BCUT2D eigenvalue weighted by Gasteiger charge is -2.36. The van der Waals surface area contributed by atoms with Gasteiger partial charge in [0, 0.05) is 18.8 Å². The number of nitrogens with zero attached hydrogens (tertiary/aromatic N) is 2. The zero-order chi connectivity index (χ0) is 15.4. The molecule has 1 fully saturated rings. The molecule has 0 radical (unpaired) electrons. The summed E-state index contributed by atoms with van der Waals surface area (Å²) in [5, 5.41) is 4.18. The Balaban J connectivity index is 1.91. The molecular formula is C17H27N3S. The van der Waals surface area contributed by atoms with Crippen molar-refractivity contribution in [1.82, 2.24) is 9.80 Å². The molecule has 1 aromatic carbocycles. The fourth-order valence-electron chi connectivity index (χ4n) is 2.71. The van der Waals surface area contributed by atoms with Crippen molar-refractivity contribution in [1.29, 1.82) is 0 Å². The molecule has 4 heteroatoms. The van der Waals surface area contributed by atoms with E-state index in [4.69, 9.17) is 12.2 Å². The summed E-state index contributed by atoms with van der Waals surface area (Å²) in [7, 11) is 4.29. The van der Waals surface area contributed by atoms with E-state index in [-0.39, 0.29) is 0 Å². The Labute approximate surface area is 134 Å². The number of thiocarbonyl (C=S) groups is 1. The lowest BCUT2D eigenvalue weighted by molar-refractivity contribution is 0.193. The molecule has 116 valence electrons. The largest absolute Gasteiger partial charge is 0.349 e. The normalized spacial score (nSPS) is 17.0. The van der Waals surface area contributed by atoms with Crippen molar-refractivity contribution in [2.75, 3.05) is 32.5 Å². The minimum absolute atomic E-state index is 0.552. The van der Waals surface area contributed by atoms with Gasteiger partial charge in [-0.1, -0.05) is 26.0 Å². The Kier molecular flexibility index (Phi) is 5.59. The van der Waals surface area contributed by atoms with E-state index in [1.807, 2.05) is 0 Å². The van der Waals surface area contributed by atoms with Crippen LogP contribution in [0.2, 0.25) is 0 Å². The summed E-state index contributed by atoms with van der Waals surface area (Å²) in [4.78, 5) is 4.60. The molecule has 1 N–H and O–H groups in total. The number of anilines is 1. The molecule has 0 aromatic heterocycles. The zero-order valence-electron chi connectivity index (χ0n) is 13.6. The van der Waals surface area contributed by atoms with Crippen molar-refractivity contribution in [2.24, 2.45) is 0 Å². The third kappa shape index (κ3) is 4.42. The SMILES string of the molecule is CC(C)c1ccc(NC(=S)N(C)C2CCN(C)CC2)cc1. The maximum atomic E-state index is 5.55. The number of nitrogens with one attached hydrogen (secondary N) is 1. The number of hydrogen-bond donors (Lipinski definition) is 1. The molecule has 1 aliphatic rings. The monoisotopic (exact) mass is 305 g/mol. The van der Waals surface area contributed by atoms with Crippen LogP contribution in [-0.2, 0) is 0 Å². The number of piperidine rings is 1. The molecule has 0 amide bonds. The Hall–Kier alpha value is -1.13. The van der Waals surface area contributed by atoms with Gasteiger partial charge in [0.15, 0.2) is 5.11 Å². The number of rotatable bonds is 3. The molecule has 1 aliphatic heterocycles. The molecule has 21 heavy (non-hydrogen) atoms. The Morgan fingerprint density at radius 1 is 1.24 bits per heavy atom. The molecule has 1 heterocycles. The predicted octanol–water partition coefficient (Wildman–Crippen LogP) is 3.53. The van der Waals surface area contributed by atoms with Crippen LogP contribution in [0.5, 0.6) is 0 Å². The van der Waals surface area contributed by atoms with Gasteiger partial charge < -0.3 is 15.1 Å². The average Bonchev–Trinajstić information content (AvgIpc) is 2.47. The Bertz CT molecular complexity index is 461. The Morgan fingerprint density at radius 3 is 2.33 bits per heavy atom. The molecule has 1 aromatic rings. The lowest BCUT2D eigenvalue weighted by atomic mass is 10.0. The number of benzene rings is 1.